The minimum absolute atomic E-state index is 0.274. The van der Waals surface area contributed by atoms with E-state index in [4.69, 9.17) is 0 Å². The molecule has 1 aliphatic carbocycles. The first kappa shape index (κ1) is 15.2. The number of hydrogen-bond donors (Lipinski definition) is 2. The van der Waals surface area contributed by atoms with Crippen LogP contribution in [0.3, 0.4) is 0 Å². The number of aryl methyl sites for hydroxylation is 1. The molecule has 1 aliphatic rings. The van der Waals surface area contributed by atoms with Crippen molar-refractivity contribution < 1.29 is 13.5 Å². The molecule has 20 heavy (non-hydrogen) atoms. The summed E-state index contributed by atoms with van der Waals surface area (Å²) in [7, 11) is -3.43. The number of allylic oxidation sites excluding steroid dienone is 1. The molecule has 0 aliphatic heterocycles. The topological polar surface area (TPSA) is 66.4 Å². The molecule has 0 spiro atoms. The first-order chi connectivity index (χ1) is 9.53. The van der Waals surface area contributed by atoms with Gasteiger partial charge in [0, 0.05) is 6.54 Å². The Balaban J connectivity index is 2.06. The molecule has 110 valence electrons. The van der Waals surface area contributed by atoms with Crippen LogP contribution in [-0.4, -0.2) is 26.2 Å². The van der Waals surface area contributed by atoms with E-state index in [-0.39, 0.29) is 6.54 Å². The van der Waals surface area contributed by atoms with E-state index < -0.39 is 16.1 Å². The predicted molar refractivity (Wildman–Crippen MR) is 80.6 cm³/mol. The monoisotopic (exact) mass is 295 g/mol. The number of sulfonamides is 1. The van der Waals surface area contributed by atoms with Crippen molar-refractivity contribution >= 4 is 16.1 Å². The summed E-state index contributed by atoms with van der Waals surface area (Å²) in [4.78, 5) is 0.433. The third kappa shape index (κ3) is 3.69. The van der Waals surface area contributed by atoms with Crippen LogP contribution in [0.2, 0.25) is 0 Å². The molecule has 0 heterocycles. The van der Waals surface area contributed by atoms with Crippen LogP contribution >= 0.6 is 0 Å². The molecule has 0 fully saturated rings. The highest BCUT2D eigenvalue weighted by atomic mass is 32.2. The maximum absolute atomic E-state index is 12.2. The van der Waals surface area contributed by atoms with Crippen molar-refractivity contribution in [2.75, 3.05) is 6.54 Å². The second kappa shape index (κ2) is 6.52. The summed E-state index contributed by atoms with van der Waals surface area (Å²) >= 11 is 0. The minimum Gasteiger partial charge on any atom is -0.393 e. The van der Waals surface area contributed by atoms with Crippen LogP contribution in [0.5, 0.6) is 0 Å². The largest absolute Gasteiger partial charge is 0.393 e. The molecule has 0 radical (unpaired) electrons. The normalized spacial score (nSPS) is 16.4. The van der Waals surface area contributed by atoms with Gasteiger partial charge in [0.1, 0.15) is 0 Å². The Morgan fingerprint density at radius 3 is 2.80 bits per heavy atom. The number of hydrogen-bond acceptors (Lipinski definition) is 3. The van der Waals surface area contributed by atoms with Gasteiger partial charge >= 0.3 is 0 Å². The fourth-order valence-electron chi connectivity index (χ4n) is 2.27. The fourth-order valence-corrected chi connectivity index (χ4v) is 3.50. The molecule has 1 aromatic rings. The number of nitrogens with one attached hydrogen (secondary N) is 1. The smallest absolute Gasteiger partial charge is 0.236 e. The van der Waals surface area contributed by atoms with Crippen molar-refractivity contribution in [3.05, 3.63) is 40.3 Å². The molecule has 0 saturated carbocycles. The Morgan fingerprint density at radius 2 is 2.05 bits per heavy atom. The van der Waals surface area contributed by atoms with E-state index in [2.05, 4.69) is 4.72 Å². The highest BCUT2D eigenvalue weighted by molar-refractivity contribution is 7.93. The van der Waals surface area contributed by atoms with E-state index in [0.29, 0.717) is 24.2 Å². The fraction of sp³-hybridized carbons (Fsp3) is 0.467. The Morgan fingerprint density at radius 1 is 1.30 bits per heavy atom. The van der Waals surface area contributed by atoms with Gasteiger partial charge in [-0.25, -0.2) is 13.1 Å². The van der Waals surface area contributed by atoms with Gasteiger partial charge in [-0.1, -0.05) is 31.2 Å². The van der Waals surface area contributed by atoms with Gasteiger partial charge in [0.2, 0.25) is 10.0 Å². The molecular formula is C15H21NO3S. The molecule has 1 aromatic carbocycles. The summed E-state index contributed by atoms with van der Waals surface area (Å²) in [5, 5.41) is 9.45. The predicted octanol–water partition coefficient (Wildman–Crippen LogP) is 2.05. The molecule has 0 saturated heterocycles. The van der Waals surface area contributed by atoms with Gasteiger partial charge in [0.05, 0.1) is 11.0 Å². The zero-order chi connectivity index (χ0) is 14.6. The van der Waals surface area contributed by atoms with Crippen molar-refractivity contribution in [1.82, 2.24) is 4.72 Å². The van der Waals surface area contributed by atoms with Crippen LogP contribution in [0, 0.1) is 0 Å². The lowest BCUT2D eigenvalue weighted by atomic mass is 9.98. The van der Waals surface area contributed by atoms with E-state index in [1.54, 1.807) is 6.08 Å². The van der Waals surface area contributed by atoms with Crippen molar-refractivity contribution in [3.63, 3.8) is 0 Å². The van der Waals surface area contributed by atoms with Gasteiger partial charge in [0.15, 0.2) is 0 Å². The van der Waals surface area contributed by atoms with Crippen LogP contribution in [0.15, 0.2) is 29.2 Å². The zero-order valence-electron chi connectivity index (χ0n) is 11.7. The Kier molecular flexibility index (Phi) is 4.96. The lowest BCUT2D eigenvalue weighted by Crippen LogP contribution is -2.29. The molecule has 5 heteroatoms. The highest BCUT2D eigenvalue weighted by Gasteiger charge is 2.21. The third-order valence-electron chi connectivity index (χ3n) is 3.60. The van der Waals surface area contributed by atoms with Gasteiger partial charge in [-0.15, -0.1) is 0 Å². The van der Waals surface area contributed by atoms with Gasteiger partial charge in [-0.2, -0.15) is 0 Å². The van der Waals surface area contributed by atoms with Crippen molar-refractivity contribution in [3.8, 4) is 0 Å². The van der Waals surface area contributed by atoms with Crippen LogP contribution in [0.1, 0.15) is 37.3 Å². The molecule has 1 atom stereocenters. The van der Waals surface area contributed by atoms with Crippen LogP contribution in [0.4, 0.5) is 0 Å². The quantitative estimate of drug-likeness (QED) is 0.844. The van der Waals surface area contributed by atoms with Crippen LogP contribution < -0.4 is 4.72 Å². The van der Waals surface area contributed by atoms with Gasteiger partial charge < -0.3 is 5.11 Å². The molecule has 1 unspecified atom stereocenters. The number of aliphatic hydroxyl groups excluding tert-OH is 1. The lowest BCUT2D eigenvalue weighted by Gasteiger charge is -2.17. The molecule has 4 nitrogen and oxygen atoms in total. The van der Waals surface area contributed by atoms with Crippen molar-refractivity contribution in [2.45, 2.75) is 38.7 Å². The average molecular weight is 295 g/mol. The van der Waals surface area contributed by atoms with E-state index in [0.717, 1.165) is 12.0 Å². The third-order valence-corrected chi connectivity index (χ3v) is 5.19. The summed E-state index contributed by atoms with van der Waals surface area (Å²) in [5.41, 5.74) is 2.17. The number of fused-ring (bicyclic) bond motifs is 1. The van der Waals surface area contributed by atoms with E-state index in [9.17, 15) is 13.5 Å². The standard InChI is InChI=1S/C15H21NO3S/c1-2-14(17)9-10-16-20(18,19)15-8-7-12-5-3-4-6-13(12)11-15/h3-6,11,14,16-17H,2,7-10H2,1H3. The van der Waals surface area contributed by atoms with E-state index in [1.807, 2.05) is 31.2 Å². The van der Waals surface area contributed by atoms with Crippen LogP contribution in [0.25, 0.3) is 6.08 Å². The SMILES string of the molecule is CCC(O)CCNS(=O)(=O)C1=Cc2ccccc2CC1. The lowest BCUT2D eigenvalue weighted by molar-refractivity contribution is 0.162. The molecule has 2 N–H and O–H groups in total. The van der Waals surface area contributed by atoms with Gasteiger partial charge in [0.25, 0.3) is 0 Å². The van der Waals surface area contributed by atoms with Crippen LogP contribution in [-0.2, 0) is 16.4 Å². The van der Waals surface area contributed by atoms with Crippen molar-refractivity contribution in [2.24, 2.45) is 0 Å². The molecule has 0 bridgehead atoms. The molecule has 2 rings (SSSR count). The maximum atomic E-state index is 12.2. The summed E-state index contributed by atoms with van der Waals surface area (Å²) in [5.74, 6) is 0. The summed E-state index contributed by atoms with van der Waals surface area (Å²) in [6, 6.07) is 7.84. The number of rotatable bonds is 6. The van der Waals surface area contributed by atoms with E-state index >= 15 is 0 Å². The maximum Gasteiger partial charge on any atom is 0.236 e. The summed E-state index contributed by atoms with van der Waals surface area (Å²) < 4.78 is 27.0. The van der Waals surface area contributed by atoms with Gasteiger partial charge in [-0.3, -0.25) is 0 Å². The van der Waals surface area contributed by atoms with E-state index in [1.165, 1.54) is 5.56 Å². The second-order valence-corrected chi connectivity index (χ2v) is 6.88. The molecule has 0 aromatic heterocycles. The van der Waals surface area contributed by atoms with Crippen molar-refractivity contribution in [1.29, 1.82) is 0 Å². The Labute approximate surface area is 120 Å². The summed E-state index contributed by atoms with van der Waals surface area (Å²) in [6.07, 6.45) is 3.66. The average Bonchev–Trinajstić information content (AvgIpc) is 2.46. The van der Waals surface area contributed by atoms with Gasteiger partial charge in [-0.05, 0) is 42.9 Å². The second-order valence-electron chi connectivity index (χ2n) is 5.06. The molecular weight excluding hydrogens is 274 g/mol. The zero-order valence-corrected chi connectivity index (χ0v) is 12.5. The highest BCUT2D eigenvalue weighted by Crippen LogP contribution is 2.26. The first-order valence-corrected chi connectivity index (χ1v) is 8.47. The molecule has 0 amide bonds. The number of aliphatic hydroxyl groups is 1. The number of benzene rings is 1. The minimum atomic E-state index is -3.43. The first-order valence-electron chi connectivity index (χ1n) is 6.99. The summed E-state index contributed by atoms with van der Waals surface area (Å²) in [6.45, 7) is 2.15. The Hall–Kier alpha value is -1.17. The Bertz CT molecular complexity index is 593.